The third kappa shape index (κ3) is 2.86. The molecule has 1 saturated carbocycles. The Bertz CT molecular complexity index is 465. The lowest BCUT2D eigenvalue weighted by atomic mass is 10.0. The average Bonchev–Trinajstić information content (AvgIpc) is 3.30. The maximum atomic E-state index is 5.87. The first-order chi connectivity index (χ1) is 9.83. The van der Waals surface area contributed by atoms with Crippen LogP contribution in [0, 0.1) is 0 Å². The lowest BCUT2D eigenvalue weighted by Gasteiger charge is -2.23. The number of nitrogens with one attached hydrogen (secondary N) is 1. The Kier molecular flexibility index (Phi) is 4.32. The van der Waals surface area contributed by atoms with Crippen molar-refractivity contribution in [2.75, 3.05) is 13.2 Å². The van der Waals surface area contributed by atoms with Crippen molar-refractivity contribution in [2.24, 2.45) is 0 Å². The van der Waals surface area contributed by atoms with Crippen molar-refractivity contribution in [3.8, 4) is 0 Å². The quantitative estimate of drug-likeness (QED) is 0.867. The Morgan fingerprint density at radius 2 is 2.15 bits per heavy atom. The number of nitrogens with zero attached hydrogens (tertiary/aromatic N) is 2. The third-order valence-corrected chi connectivity index (χ3v) is 4.15. The highest BCUT2D eigenvalue weighted by atomic mass is 16.5. The normalized spacial score (nSPS) is 19.7. The molecule has 1 aliphatic carbocycles. The van der Waals surface area contributed by atoms with E-state index in [2.05, 4.69) is 12.2 Å². The van der Waals surface area contributed by atoms with E-state index in [-0.39, 0.29) is 6.10 Å². The highest BCUT2D eigenvalue weighted by Crippen LogP contribution is 2.42. The number of rotatable bonds is 6. The summed E-state index contributed by atoms with van der Waals surface area (Å²) in [4.78, 5) is 9.76. The van der Waals surface area contributed by atoms with Crippen LogP contribution in [0.2, 0.25) is 0 Å². The Morgan fingerprint density at radius 1 is 1.30 bits per heavy atom. The molecule has 1 aromatic rings. The van der Waals surface area contributed by atoms with Crippen LogP contribution in [0.4, 0.5) is 0 Å². The van der Waals surface area contributed by atoms with Crippen LogP contribution in [0.15, 0.2) is 0 Å². The smallest absolute Gasteiger partial charge is 0.157 e. The molecular weight excluding hydrogens is 250 g/mol. The Morgan fingerprint density at radius 3 is 2.85 bits per heavy atom. The molecule has 1 fully saturated rings. The van der Waals surface area contributed by atoms with E-state index in [1.165, 1.54) is 29.8 Å². The van der Waals surface area contributed by atoms with Crippen molar-refractivity contribution in [1.82, 2.24) is 15.3 Å². The predicted molar refractivity (Wildman–Crippen MR) is 78.7 cm³/mol. The van der Waals surface area contributed by atoms with Crippen LogP contribution in [0.25, 0.3) is 0 Å². The summed E-state index contributed by atoms with van der Waals surface area (Å²) >= 11 is 0. The SMILES string of the molecule is CCCC(OCC)c1nc2c(c(C3CC3)n1)CNCC2. The van der Waals surface area contributed by atoms with Gasteiger partial charge in [-0.1, -0.05) is 13.3 Å². The van der Waals surface area contributed by atoms with Gasteiger partial charge in [-0.25, -0.2) is 9.97 Å². The second kappa shape index (κ2) is 6.19. The zero-order chi connectivity index (χ0) is 13.9. The highest BCUT2D eigenvalue weighted by Gasteiger charge is 2.31. The summed E-state index contributed by atoms with van der Waals surface area (Å²) in [6.45, 7) is 6.93. The van der Waals surface area contributed by atoms with Crippen LogP contribution in [0.5, 0.6) is 0 Å². The minimum atomic E-state index is 0.0719. The van der Waals surface area contributed by atoms with Crippen LogP contribution in [-0.2, 0) is 17.7 Å². The van der Waals surface area contributed by atoms with Crippen molar-refractivity contribution >= 4 is 0 Å². The zero-order valence-corrected chi connectivity index (χ0v) is 12.6. The fourth-order valence-electron chi connectivity index (χ4n) is 2.98. The van der Waals surface area contributed by atoms with E-state index >= 15 is 0 Å². The van der Waals surface area contributed by atoms with Crippen LogP contribution >= 0.6 is 0 Å². The van der Waals surface area contributed by atoms with Gasteiger partial charge in [0.2, 0.25) is 0 Å². The molecule has 110 valence electrons. The molecule has 20 heavy (non-hydrogen) atoms. The van der Waals surface area contributed by atoms with Gasteiger partial charge in [0.1, 0.15) is 6.10 Å². The molecule has 0 amide bonds. The van der Waals surface area contributed by atoms with Crippen LogP contribution in [0.3, 0.4) is 0 Å². The van der Waals surface area contributed by atoms with Gasteiger partial charge in [-0.15, -0.1) is 0 Å². The van der Waals surface area contributed by atoms with Gasteiger partial charge in [0, 0.05) is 37.6 Å². The van der Waals surface area contributed by atoms with Crippen molar-refractivity contribution < 1.29 is 4.74 Å². The van der Waals surface area contributed by atoms with Crippen molar-refractivity contribution in [3.63, 3.8) is 0 Å². The van der Waals surface area contributed by atoms with Crippen molar-refractivity contribution in [3.05, 3.63) is 22.8 Å². The molecular formula is C16H25N3O. The van der Waals surface area contributed by atoms with Gasteiger partial charge < -0.3 is 10.1 Å². The predicted octanol–water partition coefficient (Wildman–Crippen LogP) is 2.88. The minimum Gasteiger partial charge on any atom is -0.371 e. The summed E-state index contributed by atoms with van der Waals surface area (Å²) in [5.41, 5.74) is 3.93. The maximum absolute atomic E-state index is 5.87. The average molecular weight is 275 g/mol. The molecule has 0 aromatic carbocycles. The van der Waals surface area contributed by atoms with Crippen LogP contribution < -0.4 is 5.32 Å². The lowest BCUT2D eigenvalue weighted by molar-refractivity contribution is 0.0489. The van der Waals surface area contributed by atoms with Gasteiger partial charge >= 0.3 is 0 Å². The molecule has 1 unspecified atom stereocenters. The van der Waals surface area contributed by atoms with E-state index in [1.807, 2.05) is 6.92 Å². The molecule has 2 aliphatic rings. The molecule has 3 rings (SSSR count). The summed E-state index contributed by atoms with van der Waals surface area (Å²) in [5.74, 6) is 1.60. The van der Waals surface area contributed by atoms with Gasteiger partial charge in [-0.2, -0.15) is 0 Å². The van der Waals surface area contributed by atoms with E-state index in [4.69, 9.17) is 14.7 Å². The third-order valence-electron chi connectivity index (χ3n) is 4.15. The topological polar surface area (TPSA) is 47.0 Å². The molecule has 1 aromatic heterocycles. The van der Waals surface area contributed by atoms with E-state index in [1.54, 1.807) is 0 Å². The van der Waals surface area contributed by atoms with Gasteiger partial charge in [0.05, 0.1) is 11.4 Å². The monoisotopic (exact) mass is 275 g/mol. The Labute approximate surface area is 121 Å². The van der Waals surface area contributed by atoms with Gasteiger partial charge in [-0.05, 0) is 26.2 Å². The summed E-state index contributed by atoms with van der Waals surface area (Å²) in [5, 5.41) is 3.45. The molecule has 0 bridgehead atoms. The van der Waals surface area contributed by atoms with Gasteiger partial charge in [-0.3, -0.25) is 0 Å². The standard InChI is InChI=1S/C16H25N3O/c1-3-5-14(20-4-2)16-18-13-8-9-17-10-12(13)15(19-16)11-6-7-11/h11,14,17H,3-10H2,1-2H3. The number of aromatic nitrogens is 2. The summed E-state index contributed by atoms with van der Waals surface area (Å²) in [6, 6.07) is 0. The number of ether oxygens (including phenoxy) is 1. The van der Waals surface area contributed by atoms with Gasteiger partial charge in [0.15, 0.2) is 5.82 Å². The number of hydrogen-bond acceptors (Lipinski definition) is 4. The fraction of sp³-hybridized carbons (Fsp3) is 0.750. The second-order valence-electron chi connectivity index (χ2n) is 5.83. The molecule has 4 nitrogen and oxygen atoms in total. The number of fused-ring (bicyclic) bond motifs is 1. The van der Waals surface area contributed by atoms with E-state index in [0.717, 1.165) is 44.8 Å². The molecule has 0 radical (unpaired) electrons. The zero-order valence-electron chi connectivity index (χ0n) is 12.6. The number of hydrogen-bond donors (Lipinski definition) is 1. The van der Waals surface area contributed by atoms with E-state index in [0.29, 0.717) is 5.92 Å². The summed E-state index contributed by atoms with van der Waals surface area (Å²) < 4.78 is 5.87. The maximum Gasteiger partial charge on any atom is 0.157 e. The molecule has 0 spiro atoms. The highest BCUT2D eigenvalue weighted by molar-refractivity contribution is 5.33. The second-order valence-corrected chi connectivity index (χ2v) is 5.83. The molecule has 1 N–H and O–H groups in total. The summed E-state index contributed by atoms with van der Waals surface area (Å²) in [6.07, 6.45) is 5.78. The van der Waals surface area contributed by atoms with E-state index < -0.39 is 0 Å². The first-order valence-electron chi connectivity index (χ1n) is 8.05. The van der Waals surface area contributed by atoms with E-state index in [9.17, 15) is 0 Å². The largest absolute Gasteiger partial charge is 0.371 e. The molecule has 1 atom stereocenters. The van der Waals surface area contributed by atoms with Crippen molar-refractivity contribution in [2.45, 2.75) is 64.5 Å². The minimum absolute atomic E-state index is 0.0719. The van der Waals surface area contributed by atoms with Crippen LogP contribution in [-0.4, -0.2) is 23.1 Å². The Balaban J connectivity index is 1.95. The van der Waals surface area contributed by atoms with Crippen LogP contribution in [0.1, 0.15) is 74.3 Å². The first kappa shape index (κ1) is 14.0. The fourth-order valence-corrected chi connectivity index (χ4v) is 2.98. The molecule has 1 aliphatic heterocycles. The molecule has 2 heterocycles. The molecule has 4 heteroatoms. The summed E-state index contributed by atoms with van der Waals surface area (Å²) in [7, 11) is 0. The van der Waals surface area contributed by atoms with Crippen molar-refractivity contribution in [1.29, 1.82) is 0 Å². The Hall–Kier alpha value is -1.00. The van der Waals surface area contributed by atoms with Gasteiger partial charge in [0.25, 0.3) is 0 Å². The first-order valence-corrected chi connectivity index (χ1v) is 8.05. The lowest BCUT2D eigenvalue weighted by Crippen LogP contribution is -2.27. The molecule has 0 saturated heterocycles.